The molecule has 0 heterocycles. The van der Waals surface area contributed by atoms with Crippen LogP contribution < -0.4 is 11.3 Å². The summed E-state index contributed by atoms with van der Waals surface area (Å²) in [5, 5.41) is 23.2. The van der Waals surface area contributed by atoms with Crippen LogP contribution >= 0.6 is 0 Å². The maximum absolute atomic E-state index is 9.10. The highest BCUT2D eigenvalue weighted by Crippen LogP contribution is 1.68. The van der Waals surface area contributed by atoms with Crippen molar-refractivity contribution < 1.29 is 24.9 Å². The number of nitrogens with two attached hydrogens (primary N) is 1. The van der Waals surface area contributed by atoms with E-state index in [9.17, 15) is 0 Å². The maximum atomic E-state index is 9.10. The summed E-state index contributed by atoms with van der Waals surface area (Å²) in [5.41, 5.74) is 2.32. The number of carbonyl (C=O) groups is 2. The molecule has 72 valence electrons. The molecular formula is C5H12N2O5. The number of rotatable bonds is 2. The molecular weight excluding hydrogens is 168 g/mol. The van der Waals surface area contributed by atoms with Gasteiger partial charge in [0.05, 0.1) is 6.10 Å². The highest BCUT2D eigenvalue weighted by Gasteiger charge is 2.04. The first-order valence-electron chi connectivity index (χ1n) is 2.99. The number of aliphatic hydroxyl groups is 1. The molecule has 1 atom stereocenters. The van der Waals surface area contributed by atoms with Gasteiger partial charge in [0.15, 0.2) is 0 Å². The van der Waals surface area contributed by atoms with Gasteiger partial charge < -0.3 is 15.3 Å². The quantitative estimate of drug-likeness (QED) is 0.188. The monoisotopic (exact) mass is 180 g/mol. The third-order valence-electron chi connectivity index (χ3n) is 0.596. The van der Waals surface area contributed by atoms with Crippen molar-refractivity contribution in [1.29, 1.82) is 0 Å². The zero-order valence-electron chi connectivity index (χ0n) is 6.52. The fourth-order valence-electron chi connectivity index (χ4n) is 0.171. The minimum Gasteiger partial charge on any atom is -0.473 e. The number of aliphatic carboxylic acids is 2. The molecule has 0 fully saturated rings. The molecule has 6 N–H and O–H groups in total. The number of hydrazine groups is 1. The Kier molecular flexibility index (Phi) is 8.85. The largest absolute Gasteiger partial charge is 0.473 e. The third kappa shape index (κ3) is 15.9. The second-order valence-corrected chi connectivity index (χ2v) is 1.87. The number of nitrogens with one attached hydrogen (secondary N) is 1. The van der Waals surface area contributed by atoms with Crippen molar-refractivity contribution in [2.45, 2.75) is 13.0 Å². The van der Waals surface area contributed by atoms with E-state index in [1.165, 1.54) is 0 Å². The van der Waals surface area contributed by atoms with E-state index in [-0.39, 0.29) is 6.10 Å². The second-order valence-electron chi connectivity index (χ2n) is 1.87. The normalized spacial score (nSPS) is 10.9. The summed E-state index contributed by atoms with van der Waals surface area (Å²) < 4.78 is 0. The van der Waals surface area contributed by atoms with Crippen molar-refractivity contribution in [3.8, 4) is 0 Å². The Morgan fingerprint density at radius 2 is 1.75 bits per heavy atom. The van der Waals surface area contributed by atoms with Crippen molar-refractivity contribution in [1.82, 2.24) is 5.43 Å². The number of hydrogen-bond acceptors (Lipinski definition) is 5. The predicted molar refractivity (Wildman–Crippen MR) is 39.1 cm³/mol. The van der Waals surface area contributed by atoms with Crippen molar-refractivity contribution in [3.05, 3.63) is 0 Å². The Hall–Kier alpha value is -1.18. The first-order valence-corrected chi connectivity index (χ1v) is 2.99. The van der Waals surface area contributed by atoms with E-state index in [1.54, 1.807) is 6.92 Å². The zero-order chi connectivity index (χ0) is 10.1. The highest BCUT2D eigenvalue weighted by atomic mass is 16.4. The van der Waals surface area contributed by atoms with Gasteiger partial charge in [0.1, 0.15) is 0 Å². The van der Waals surface area contributed by atoms with Crippen LogP contribution in [0.1, 0.15) is 6.92 Å². The SMILES string of the molecule is CC(O)CNN.O=C(O)C(=O)O. The molecule has 0 spiro atoms. The Labute approximate surface area is 68.8 Å². The van der Waals surface area contributed by atoms with Gasteiger partial charge in [-0.05, 0) is 6.92 Å². The van der Waals surface area contributed by atoms with Crippen LogP contribution in [0.3, 0.4) is 0 Å². The van der Waals surface area contributed by atoms with Crippen LogP contribution in [0.5, 0.6) is 0 Å². The molecule has 12 heavy (non-hydrogen) atoms. The average Bonchev–Trinajstić information content (AvgIpc) is 1.87. The molecule has 7 nitrogen and oxygen atoms in total. The molecule has 0 aliphatic carbocycles. The van der Waals surface area contributed by atoms with Crippen LogP contribution in [0.25, 0.3) is 0 Å². The molecule has 0 bridgehead atoms. The zero-order valence-corrected chi connectivity index (χ0v) is 6.52. The Morgan fingerprint density at radius 1 is 1.42 bits per heavy atom. The highest BCUT2D eigenvalue weighted by molar-refractivity contribution is 6.27. The first kappa shape index (κ1) is 13.4. The van der Waals surface area contributed by atoms with Crippen LogP contribution in [0, 0.1) is 0 Å². The smallest absolute Gasteiger partial charge is 0.414 e. The molecule has 0 saturated carbocycles. The van der Waals surface area contributed by atoms with Crippen molar-refractivity contribution in [2.24, 2.45) is 5.84 Å². The van der Waals surface area contributed by atoms with Crippen molar-refractivity contribution >= 4 is 11.9 Å². The van der Waals surface area contributed by atoms with Gasteiger partial charge in [0.25, 0.3) is 0 Å². The Bertz CT molecular complexity index is 135. The predicted octanol–water partition coefficient (Wildman–Crippen LogP) is -2.01. The van der Waals surface area contributed by atoms with Crippen LogP contribution in [-0.4, -0.2) is 39.9 Å². The molecule has 0 saturated heterocycles. The van der Waals surface area contributed by atoms with Gasteiger partial charge in [-0.15, -0.1) is 0 Å². The summed E-state index contributed by atoms with van der Waals surface area (Å²) in [5.74, 6) is 1.17. The van der Waals surface area contributed by atoms with Gasteiger partial charge in [-0.1, -0.05) is 0 Å². The molecule has 0 aliphatic heterocycles. The number of carboxylic acids is 2. The molecule has 0 aromatic heterocycles. The van der Waals surface area contributed by atoms with E-state index in [1.807, 2.05) is 0 Å². The fraction of sp³-hybridized carbons (Fsp3) is 0.600. The minimum atomic E-state index is -1.82. The number of carboxylic acid groups (broad SMARTS) is 2. The van der Waals surface area contributed by atoms with E-state index in [4.69, 9.17) is 30.8 Å². The molecule has 0 aromatic rings. The molecule has 0 rings (SSSR count). The van der Waals surface area contributed by atoms with Gasteiger partial charge in [-0.3, -0.25) is 11.3 Å². The van der Waals surface area contributed by atoms with Crippen LogP contribution in [0.15, 0.2) is 0 Å². The van der Waals surface area contributed by atoms with E-state index < -0.39 is 11.9 Å². The lowest BCUT2D eigenvalue weighted by atomic mass is 10.4. The molecule has 0 amide bonds. The minimum absolute atomic E-state index is 0.338. The van der Waals surface area contributed by atoms with Crippen molar-refractivity contribution in [3.63, 3.8) is 0 Å². The lowest BCUT2D eigenvalue weighted by Crippen LogP contribution is -2.29. The summed E-state index contributed by atoms with van der Waals surface area (Å²) in [6.07, 6.45) is -0.338. The Balaban J connectivity index is 0. The van der Waals surface area contributed by atoms with Gasteiger partial charge in [0, 0.05) is 6.54 Å². The van der Waals surface area contributed by atoms with Crippen molar-refractivity contribution in [2.75, 3.05) is 6.54 Å². The summed E-state index contributed by atoms with van der Waals surface area (Å²) in [6.45, 7) is 2.12. The van der Waals surface area contributed by atoms with E-state index in [0.717, 1.165) is 0 Å². The summed E-state index contributed by atoms with van der Waals surface area (Å²) in [7, 11) is 0. The molecule has 0 aliphatic rings. The summed E-state index contributed by atoms with van der Waals surface area (Å²) in [4.78, 5) is 18.2. The number of aliphatic hydroxyl groups excluding tert-OH is 1. The molecule has 1 unspecified atom stereocenters. The van der Waals surface area contributed by atoms with Gasteiger partial charge in [-0.2, -0.15) is 0 Å². The summed E-state index contributed by atoms with van der Waals surface area (Å²) in [6, 6.07) is 0. The van der Waals surface area contributed by atoms with Crippen LogP contribution in [0.4, 0.5) is 0 Å². The molecule has 0 aromatic carbocycles. The maximum Gasteiger partial charge on any atom is 0.414 e. The van der Waals surface area contributed by atoms with E-state index in [2.05, 4.69) is 5.43 Å². The lowest BCUT2D eigenvalue weighted by Gasteiger charge is -1.97. The van der Waals surface area contributed by atoms with Gasteiger partial charge in [0.2, 0.25) is 0 Å². The fourth-order valence-corrected chi connectivity index (χ4v) is 0.171. The summed E-state index contributed by atoms with van der Waals surface area (Å²) >= 11 is 0. The Morgan fingerprint density at radius 3 is 1.75 bits per heavy atom. The topological polar surface area (TPSA) is 133 Å². The average molecular weight is 180 g/mol. The number of hydrogen-bond donors (Lipinski definition) is 5. The first-order chi connectivity index (χ1) is 5.41. The standard InChI is InChI=1S/C3H10N2O.C2H2O4/c1-3(6)2-5-4;3-1(4)2(5)6/h3,5-6H,2,4H2,1H3;(H,3,4)(H,5,6). The van der Waals surface area contributed by atoms with Crippen LogP contribution in [0.2, 0.25) is 0 Å². The molecule has 7 heteroatoms. The lowest BCUT2D eigenvalue weighted by molar-refractivity contribution is -0.159. The van der Waals surface area contributed by atoms with Gasteiger partial charge >= 0.3 is 11.9 Å². The van der Waals surface area contributed by atoms with Gasteiger partial charge in [-0.25, -0.2) is 9.59 Å². The third-order valence-corrected chi connectivity index (χ3v) is 0.596. The van der Waals surface area contributed by atoms with E-state index >= 15 is 0 Å². The second kappa shape index (κ2) is 7.92. The van der Waals surface area contributed by atoms with E-state index in [0.29, 0.717) is 6.54 Å². The van der Waals surface area contributed by atoms with Crippen LogP contribution in [-0.2, 0) is 9.59 Å². The molecule has 0 radical (unpaired) electrons.